The summed E-state index contributed by atoms with van der Waals surface area (Å²) in [6.07, 6.45) is 5.17. The zero-order valence-corrected chi connectivity index (χ0v) is 26.9. The third kappa shape index (κ3) is 8.99. The van der Waals surface area contributed by atoms with Gasteiger partial charge < -0.3 is 24.8 Å². The Bertz CT molecular complexity index is 1400. The minimum atomic E-state index is -1.73. The molecule has 2 amide bonds. The number of rotatable bonds is 14. The summed E-state index contributed by atoms with van der Waals surface area (Å²) in [5.41, 5.74) is 0.406. The predicted octanol–water partition coefficient (Wildman–Crippen LogP) is 6.61. The van der Waals surface area contributed by atoms with E-state index in [9.17, 15) is 19.4 Å². The number of nitrogens with one attached hydrogen (secondary N) is 1. The Hall–Kier alpha value is -3.60. The molecule has 0 radical (unpaired) electrons. The number of alkyl halides is 1. The molecule has 0 spiro atoms. The molecular weight excluding hydrogens is 575 g/mol. The Balaban J connectivity index is 1.49. The summed E-state index contributed by atoms with van der Waals surface area (Å²) in [6.45, 7) is 12.0. The first-order valence-electron chi connectivity index (χ1n) is 15.7. The summed E-state index contributed by atoms with van der Waals surface area (Å²) >= 11 is 0. The molecule has 0 bridgehead atoms. The van der Waals surface area contributed by atoms with Gasteiger partial charge in [0.2, 0.25) is 0 Å². The molecule has 1 aliphatic heterocycles. The van der Waals surface area contributed by atoms with Crippen LogP contribution in [0.2, 0.25) is 0 Å². The predicted molar refractivity (Wildman–Crippen MR) is 173 cm³/mol. The molecule has 4 rings (SSSR count). The maximum Gasteiger partial charge on any atom is 0.321 e. The van der Waals surface area contributed by atoms with E-state index in [1.165, 1.54) is 13.8 Å². The van der Waals surface area contributed by atoms with Crippen molar-refractivity contribution in [1.82, 2.24) is 15.5 Å². The molecule has 1 atom stereocenters. The molecular formula is C35H47FN4O5. The fourth-order valence-electron chi connectivity index (χ4n) is 5.44. The third-order valence-electron chi connectivity index (χ3n) is 8.54. The van der Waals surface area contributed by atoms with E-state index in [4.69, 9.17) is 9.26 Å². The Morgan fingerprint density at radius 3 is 2.44 bits per heavy atom. The standard InChI is InChI=1S/C35H47FN4O5/c1-6-25(30-38-31(45-39-30)33(2,3)36)10-7-8-19-40(32(42)37-23-35(24-41)17-20-44-21-18-35)29-12-9-11-27(22-29)26-13-15-28(16-14-26)34(4,5)43/h6,9,11-16,22,25,41,43H,1,7-8,10,17-21,23-24H2,2-5H3,(H,37,42). The molecule has 10 heteroatoms. The van der Waals surface area contributed by atoms with Crippen LogP contribution in [-0.2, 0) is 16.0 Å². The van der Waals surface area contributed by atoms with E-state index in [1.807, 2.05) is 48.5 Å². The number of hydrogen-bond acceptors (Lipinski definition) is 7. The quantitative estimate of drug-likeness (QED) is 0.137. The van der Waals surface area contributed by atoms with E-state index in [0.717, 1.165) is 28.8 Å². The molecule has 244 valence electrons. The summed E-state index contributed by atoms with van der Waals surface area (Å²) < 4.78 is 24.9. The number of nitrogens with zero attached hydrogens (tertiary/aromatic N) is 3. The lowest BCUT2D eigenvalue weighted by Gasteiger charge is -2.36. The van der Waals surface area contributed by atoms with Crippen LogP contribution in [0.5, 0.6) is 0 Å². The van der Waals surface area contributed by atoms with Crippen molar-refractivity contribution in [3.63, 3.8) is 0 Å². The molecule has 0 saturated carbocycles. The lowest BCUT2D eigenvalue weighted by Crippen LogP contribution is -2.48. The van der Waals surface area contributed by atoms with Crippen molar-refractivity contribution in [2.45, 2.75) is 77.0 Å². The van der Waals surface area contributed by atoms with Crippen LogP contribution in [0, 0.1) is 5.41 Å². The number of unbranched alkanes of at least 4 members (excludes halogenated alkanes) is 1. The van der Waals surface area contributed by atoms with E-state index in [-0.39, 0.29) is 24.4 Å². The van der Waals surface area contributed by atoms with E-state index in [0.29, 0.717) is 57.8 Å². The number of ether oxygens (including phenoxy) is 1. The molecule has 45 heavy (non-hydrogen) atoms. The molecule has 1 fully saturated rings. The van der Waals surface area contributed by atoms with Crippen molar-refractivity contribution in [2.24, 2.45) is 5.41 Å². The van der Waals surface area contributed by atoms with Crippen molar-refractivity contribution in [2.75, 3.05) is 37.8 Å². The van der Waals surface area contributed by atoms with Gasteiger partial charge in [-0.15, -0.1) is 6.58 Å². The molecule has 0 aliphatic carbocycles. The summed E-state index contributed by atoms with van der Waals surface area (Å²) in [4.78, 5) is 19.7. The smallest absolute Gasteiger partial charge is 0.321 e. The fourth-order valence-corrected chi connectivity index (χ4v) is 5.44. The number of aliphatic hydroxyl groups excluding tert-OH is 1. The normalized spacial score (nSPS) is 15.8. The average Bonchev–Trinajstić information content (AvgIpc) is 3.53. The number of hydrogen-bond donors (Lipinski definition) is 3. The molecule has 3 aromatic rings. The lowest BCUT2D eigenvalue weighted by molar-refractivity contribution is -0.0137. The van der Waals surface area contributed by atoms with Crippen LogP contribution in [0.25, 0.3) is 11.1 Å². The highest BCUT2D eigenvalue weighted by Gasteiger charge is 2.33. The van der Waals surface area contributed by atoms with Crippen molar-refractivity contribution in [3.8, 4) is 11.1 Å². The monoisotopic (exact) mass is 622 g/mol. The first-order valence-corrected chi connectivity index (χ1v) is 15.7. The second-order valence-electron chi connectivity index (χ2n) is 13.0. The van der Waals surface area contributed by atoms with Crippen LogP contribution in [0.4, 0.5) is 14.9 Å². The minimum Gasteiger partial charge on any atom is -0.396 e. The number of allylic oxidation sites excluding steroid dienone is 1. The molecule has 2 heterocycles. The highest BCUT2D eigenvalue weighted by molar-refractivity contribution is 5.92. The number of anilines is 1. The number of carbonyl (C=O) groups excluding carboxylic acids is 1. The summed E-state index contributed by atoms with van der Waals surface area (Å²) in [6, 6.07) is 15.3. The van der Waals surface area contributed by atoms with Gasteiger partial charge in [0, 0.05) is 43.3 Å². The first kappa shape index (κ1) is 34.3. The van der Waals surface area contributed by atoms with E-state index >= 15 is 0 Å². The number of aliphatic hydroxyl groups is 2. The molecule has 3 N–H and O–H groups in total. The Labute approximate surface area is 265 Å². The second kappa shape index (κ2) is 14.7. The zero-order chi connectivity index (χ0) is 32.7. The second-order valence-corrected chi connectivity index (χ2v) is 13.0. The number of urea groups is 1. The van der Waals surface area contributed by atoms with Gasteiger partial charge in [0.1, 0.15) is 0 Å². The van der Waals surface area contributed by atoms with Gasteiger partial charge in [0.15, 0.2) is 11.5 Å². The molecule has 2 aromatic carbocycles. The molecule has 1 saturated heterocycles. The van der Waals surface area contributed by atoms with E-state index < -0.39 is 16.7 Å². The van der Waals surface area contributed by atoms with Crippen molar-refractivity contribution < 1.29 is 28.7 Å². The topological polar surface area (TPSA) is 121 Å². The third-order valence-corrected chi connectivity index (χ3v) is 8.54. The molecule has 1 aliphatic rings. The number of aromatic nitrogens is 2. The first-order chi connectivity index (χ1) is 21.3. The van der Waals surface area contributed by atoms with Crippen LogP contribution < -0.4 is 10.2 Å². The maximum absolute atomic E-state index is 14.3. The van der Waals surface area contributed by atoms with Crippen LogP contribution in [0.1, 0.15) is 83.0 Å². The van der Waals surface area contributed by atoms with Crippen LogP contribution in [0.15, 0.2) is 65.7 Å². The van der Waals surface area contributed by atoms with Gasteiger partial charge in [-0.3, -0.25) is 4.90 Å². The van der Waals surface area contributed by atoms with Gasteiger partial charge >= 0.3 is 6.03 Å². The Morgan fingerprint density at radius 2 is 1.84 bits per heavy atom. The highest BCUT2D eigenvalue weighted by Crippen LogP contribution is 2.31. The lowest BCUT2D eigenvalue weighted by atomic mass is 9.81. The number of benzene rings is 2. The van der Waals surface area contributed by atoms with Gasteiger partial charge in [-0.25, -0.2) is 9.18 Å². The number of amides is 2. The fraction of sp³-hybridized carbons (Fsp3) is 0.514. The Kier molecular flexibility index (Phi) is 11.2. The average molecular weight is 623 g/mol. The van der Waals surface area contributed by atoms with Gasteiger partial charge in [-0.1, -0.05) is 54.1 Å². The van der Waals surface area contributed by atoms with Crippen molar-refractivity contribution in [3.05, 3.63) is 78.5 Å². The Morgan fingerprint density at radius 1 is 1.13 bits per heavy atom. The van der Waals surface area contributed by atoms with Crippen LogP contribution >= 0.6 is 0 Å². The molecule has 1 aromatic heterocycles. The minimum absolute atomic E-state index is 0.0207. The van der Waals surface area contributed by atoms with Crippen molar-refractivity contribution in [1.29, 1.82) is 0 Å². The SMILES string of the molecule is C=CC(CCCCN(C(=O)NCC1(CO)CCOCC1)c1cccc(-c2ccc(C(C)(C)O)cc2)c1)c1noc(C(C)(C)F)n1. The maximum atomic E-state index is 14.3. The molecule has 1 unspecified atom stereocenters. The largest absolute Gasteiger partial charge is 0.396 e. The summed E-state index contributed by atoms with van der Waals surface area (Å²) in [7, 11) is 0. The highest BCUT2D eigenvalue weighted by atomic mass is 19.1. The van der Waals surface area contributed by atoms with Crippen LogP contribution in [-0.4, -0.2) is 59.3 Å². The van der Waals surface area contributed by atoms with Crippen molar-refractivity contribution >= 4 is 11.7 Å². The van der Waals surface area contributed by atoms with Gasteiger partial charge in [0.25, 0.3) is 5.89 Å². The van der Waals surface area contributed by atoms with Crippen LogP contribution in [0.3, 0.4) is 0 Å². The summed E-state index contributed by atoms with van der Waals surface area (Å²) in [5, 5.41) is 27.6. The molecule has 9 nitrogen and oxygen atoms in total. The van der Waals surface area contributed by atoms with E-state index in [1.54, 1.807) is 24.8 Å². The summed E-state index contributed by atoms with van der Waals surface area (Å²) in [5.74, 6) is 0.126. The van der Waals surface area contributed by atoms with Gasteiger partial charge in [0.05, 0.1) is 12.2 Å². The van der Waals surface area contributed by atoms with E-state index in [2.05, 4.69) is 22.0 Å². The number of halogens is 1. The van der Waals surface area contributed by atoms with Gasteiger partial charge in [-0.2, -0.15) is 4.98 Å². The zero-order valence-electron chi connectivity index (χ0n) is 26.9. The van der Waals surface area contributed by atoms with Gasteiger partial charge in [-0.05, 0) is 82.2 Å². The number of carbonyl (C=O) groups is 1.